The van der Waals surface area contributed by atoms with E-state index >= 15 is 0 Å². The van der Waals surface area contributed by atoms with Crippen molar-refractivity contribution >= 4 is 28.2 Å². The van der Waals surface area contributed by atoms with Crippen LogP contribution in [-0.2, 0) is 12.8 Å². The number of carbonyl (C=O) groups excluding carboxylic acids is 2. The molecule has 0 radical (unpaired) electrons. The van der Waals surface area contributed by atoms with Crippen LogP contribution in [0.3, 0.4) is 0 Å². The quantitative estimate of drug-likeness (QED) is 0.681. The lowest BCUT2D eigenvalue weighted by atomic mass is 9.72. The Morgan fingerprint density at radius 3 is 2.24 bits per heavy atom. The van der Waals surface area contributed by atoms with Gasteiger partial charge in [-0.05, 0) is 69.1 Å². The van der Waals surface area contributed by atoms with Crippen LogP contribution in [0, 0.1) is 11.3 Å². The Balaban J connectivity index is 1.97. The van der Waals surface area contributed by atoms with Gasteiger partial charge in [-0.15, -0.1) is 11.3 Å². The molecule has 1 atom stereocenters. The fraction of sp³-hybridized carbons (Fsp3) is 0.500. The monoisotopic (exact) mass is 412 g/mol. The number of benzene rings is 1. The summed E-state index contributed by atoms with van der Waals surface area (Å²) in [4.78, 5) is 27.2. The number of carbonyl (C=O) groups is 2. The van der Waals surface area contributed by atoms with E-state index in [2.05, 4.69) is 31.4 Å². The molecule has 0 unspecified atom stereocenters. The van der Waals surface area contributed by atoms with Gasteiger partial charge in [0.25, 0.3) is 11.8 Å². The molecule has 2 amide bonds. The van der Waals surface area contributed by atoms with E-state index in [1.54, 1.807) is 23.5 Å². The zero-order valence-corrected chi connectivity index (χ0v) is 19.1. The molecule has 2 aromatic rings. The van der Waals surface area contributed by atoms with Gasteiger partial charge in [0.15, 0.2) is 0 Å². The van der Waals surface area contributed by atoms with Crippen LogP contribution in [-0.4, -0.2) is 17.4 Å². The highest BCUT2D eigenvalue weighted by Crippen LogP contribution is 2.44. The Labute approximate surface area is 178 Å². The maximum atomic E-state index is 13.2. The lowest BCUT2D eigenvalue weighted by Gasteiger charge is -2.34. The topological polar surface area (TPSA) is 58.2 Å². The van der Waals surface area contributed by atoms with Gasteiger partial charge in [-0.3, -0.25) is 9.59 Å². The molecule has 3 rings (SSSR count). The summed E-state index contributed by atoms with van der Waals surface area (Å²) in [5, 5.41) is 6.77. The van der Waals surface area contributed by atoms with Crippen LogP contribution < -0.4 is 10.6 Å². The minimum atomic E-state index is -0.338. The van der Waals surface area contributed by atoms with Crippen molar-refractivity contribution in [3.63, 3.8) is 0 Å². The number of anilines is 1. The lowest BCUT2D eigenvalue weighted by Crippen LogP contribution is -2.41. The van der Waals surface area contributed by atoms with E-state index in [0.717, 1.165) is 24.8 Å². The zero-order valence-electron chi connectivity index (χ0n) is 18.3. The number of rotatable bonds is 3. The van der Waals surface area contributed by atoms with Crippen LogP contribution in [0.4, 0.5) is 5.00 Å². The molecule has 5 heteroatoms. The maximum Gasteiger partial charge on any atom is 0.256 e. The molecule has 2 N–H and O–H groups in total. The van der Waals surface area contributed by atoms with E-state index in [1.165, 1.54) is 4.88 Å². The van der Waals surface area contributed by atoms with E-state index < -0.39 is 0 Å². The number of hydrogen-bond acceptors (Lipinski definition) is 3. The first kappa shape index (κ1) is 21.6. The summed E-state index contributed by atoms with van der Waals surface area (Å²) in [6.07, 6.45) is 2.90. The second-order valence-electron chi connectivity index (χ2n) is 10.0. The average molecular weight is 413 g/mol. The summed E-state index contributed by atoms with van der Waals surface area (Å²) in [5.74, 6) is 0.291. The highest BCUT2D eigenvalue weighted by atomic mass is 32.1. The van der Waals surface area contributed by atoms with Crippen LogP contribution >= 0.6 is 11.3 Å². The van der Waals surface area contributed by atoms with Gasteiger partial charge in [-0.1, -0.05) is 39.0 Å². The summed E-state index contributed by atoms with van der Waals surface area (Å²) in [5.41, 5.74) is 2.24. The van der Waals surface area contributed by atoms with Crippen molar-refractivity contribution in [1.82, 2.24) is 5.32 Å². The third kappa shape index (κ3) is 5.08. The number of fused-ring (bicyclic) bond motifs is 1. The minimum absolute atomic E-state index is 0.104. The first-order valence-electron chi connectivity index (χ1n) is 10.3. The molecule has 0 spiro atoms. The summed E-state index contributed by atoms with van der Waals surface area (Å²) < 4.78 is 0. The van der Waals surface area contributed by atoms with E-state index in [4.69, 9.17) is 0 Å². The van der Waals surface area contributed by atoms with Crippen molar-refractivity contribution in [2.75, 3.05) is 5.32 Å². The maximum absolute atomic E-state index is 13.2. The minimum Gasteiger partial charge on any atom is -0.347 e. The fourth-order valence-corrected chi connectivity index (χ4v) is 5.14. The predicted octanol–water partition coefficient (Wildman–Crippen LogP) is 5.68. The Morgan fingerprint density at radius 1 is 1.00 bits per heavy atom. The van der Waals surface area contributed by atoms with Crippen molar-refractivity contribution in [2.24, 2.45) is 11.3 Å². The molecule has 0 fully saturated rings. The molecule has 1 aromatic carbocycles. The fourth-order valence-electron chi connectivity index (χ4n) is 3.82. The van der Waals surface area contributed by atoms with Crippen molar-refractivity contribution in [3.8, 4) is 0 Å². The third-order valence-corrected chi connectivity index (χ3v) is 6.64. The van der Waals surface area contributed by atoms with Crippen LogP contribution in [0.15, 0.2) is 30.3 Å². The van der Waals surface area contributed by atoms with Gasteiger partial charge in [-0.2, -0.15) is 0 Å². The van der Waals surface area contributed by atoms with E-state index in [0.29, 0.717) is 22.0 Å². The number of thiophene rings is 1. The normalized spacial score (nSPS) is 16.8. The van der Waals surface area contributed by atoms with Gasteiger partial charge in [0, 0.05) is 16.0 Å². The molecule has 1 aliphatic rings. The summed E-state index contributed by atoms with van der Waals surface area (Å²) in [6, 6.07) is 9.14. The molecule has 29 heavy (non-hydrogen) atoms. The van der Waals surface area contributed by atoms with Crippen molar-refractivity contribution in [2.45, 2.75) is 66.3 Å². The Hall–Kier alpha value is -2.14. The second-order valence-corrected chi connectivity index (χ2v) is 11.1. The van der Waals surface area contributed by atoms with Crippen LogP contribution in [0.2, 0.25) is 0 Å². The molecule has 0 saturated heterocycles. The zero-order chi connectivity index (χ0) is 21.4. The number of nitrogens with one attached hydrogen (secondary N) is 2. The van der Waals surface area contributed by atoms with E-state index in [9.17, 15) is 9.59 Å². The molecule has 1 aliphatic carbocycles. The summed E-state index contributed by atoms with van der Waals surface area (Å²) >= 11 is 1.57. The van der Waals surface area contributed by atoms with E-state index in [1.807, 2.05) is 39.0 Å². The largest absolute Gasteiger partial charge is 0.347 e. The van der Waals surface area contributed by atoms with Crippen molar-refractivity contribution in [1.29, 1.82) is 0 Å². The molecule has 4 nitrogen and oxygen atoms in total. The molecular formula is C24H32N2O2S. The first-order chi connectivity index (χ1) is 13.5. The summed E-state index contributed by atoms with van der Waals surface area (Å²) in [6.45, 7) is 12.8. The van der Waals surface area contributed by atoms with Gasteiger partial charge >= 0.3 is 0 Å². The second kappa shape index (κ2) is 7.94. The summed E-state index contributed by atoms with van der Waals surface area (Å²) in [7, 11) is 0. The van der Waals surface area contributed by atoms with E-state index in [-0.39, 0.29) is 22.8 Å². The van der Waals surface area contributed by atoms with Crippen LogP contribution in [0.5, 0.6) is 0 Å². The molecule has 0 aliphatic heterocycles. The SMILES string of the molecule is CC(C)(C)NC(=O)c1c(NC(=O)c2ccccc2)sc2c1CC[C@@H](C(C)(C)C)C2. The Kier molecular flexibility index (Phi) is 5.91. The highest BCUT2D eigenvalue weighted by molar-refractivity contribution is 7.17. The number of hydrogen-bond donors (Lipinski definition) is 2. The van der Waals surface area contributed by atoms with Crippen molar-refractivity contribution < 1.29 is 9.59 Å². The lowest BCUT2D eigenvalue weighted by molar-refractivity contribution is 0.0919. The van der Waals surface area contributed by atoms with Crippen molar-refractivity contribution in [3.05, 3.63) is 51.9 Å². The van der Waals surface area contributed by atoms with Gasteiger partial charge in [-0.25, -0.2) is 0 Å². The Morgan fingerprint density at radius 2 is 1.66 bits per heavy atom. The average Bonchev–Trinajstić information content (AvgIpc) is 2.97. The molecule has 0 saturated carbocycles. The highest BCUT2D eigenvalue weighted by Gasteiger charge is 2.34. The van der Waals surface area contributed by atoms with Gasteiger partial charge < -0.3 is 10.6 Å². The standard InChI is InChI=1S/C24H32N2O2S/c1-23(2,3)16-12-13-17-18(14-16)29-22(19(17)21(28)26-24(4,5)6)25-20(27)15-10-8-7-9-11-15/h7-11,16H,12-14H2,1-6H3,(H,25,27)(H,26,28)/t16-/m1/s1. The van der Waals surface area contributed by atoms with Gasteiger partial charge in [0.2, 0.25) is 0 Å². The molecule has 0 bridgehead atoms. The third-order valence-electron chi connectivity index (χ3n) is 5.47. The smallest absolute Gasteiger partial charge is 0.256 e. The molecule has 1 heterocycles. The van der Waals surface area contributed by atoms with Gasteiger partial charge in [0.1, 0.15) is 5.00 Å². The first-order valence-corrected chi connectivity index (χ1v) is 11.1. The van der Waals surface area contributed by atoms with Gasteiger partial charge in [0.05, 0.1) is 5.56 Å². The van der Waals surface area contributed by atoms with Crippen LogP contribution in [0.25, 0.3) is 0 Å². The van der Waals surface area contributed by atoms with Crippen LogP contribution in [0.1, 0.15) is 79.1 Å². The molecule has 1 aromatic heterocycles. The number of amides is 2. The molecular weight excluding hydrogens is 380 g/mol. The Bertz CT molecular complexity index is 901. The predicted molar refractivity (Wildman–Crippen MR) is 121 cm³/mol. The molecule has 156 valence electrons.